The maximum atomic E-state index is 11.8. The predicted octanol–water partition coefficient (Wildman–Crippen LogP) is 3.70. The van der Waals surface area contributed by atoms with Gasteiger partial charge in [0.05, 0.1) is 0 Å². The van der Waals surface area contributed by atoms with Crippen LogP contribution in [0.2, 0.25) is 0 Å². The summed E-state index contributed by atoms with van der Waals surface area (Å²) in [6, 6.07) is 6.49. The lowest BCUT2D eigenvalue weighted by Crippen LogP contribution is -2.09. The van der Waals surface area contributed by atoms with Crippen LogP contribution in [-0.4, -0.2) is 10.8 Å². The van der Waals surface area contributed by atoms with Crippen LogP contribution >= 0.6 is 0 Å². The third kappa shape index (κ3) is 1.86. The molecule has 1 aromatic heterocycles. The van der Waals surface area contributed by atoms with Crippen molar-refractivity contribution in [2.24, 2.45) is 5.92 Å². The van der Waals surface area contributed by atoms with Gasteiger partial charge in [0.2, 0.25) is 0 Å². The van der Waals surface area contributed by atoms with E-state index in [0.717, 1.165) is 25.7 Å². The quantitative estimate of drug-likeness (QED) is 0.854. The Morgan fingerprint density at radius 3 is 2.89 bits per heavy atom. The van der Waals surface area contributed by atoms with Crippen LogP contribution in [0.1, 0.15) is 36.1 Å². The molecule has 0 radical (unpaired) electrons. The van der Waals surface area contributed by atoms with Crippen LogP contribution in [0.3, 0.4) is 0 Å². The molecule has 1 aromatic carbocycles. The van der Waals surface area contributed by atoms with Crippen LogP contribution in [0.15, 0.2) is 18.2 Å². The van der Waals surface area contributed by atoms with Crippen LogP contribution < -0.4 is 0 Å². The molecule has 1 fully saturated rings. The summed E-state index contributed by atoms with van der Waals surface area (Å²) in [5.41, 5.74) is 5.03. The Bertz CT molecular complexity index is 609. The average Bonchev–Trinajstić information content (AvgIpc) is 2.86. The minimum Gasteiger partial charge on any atom is -0.358 e. The van der Waals surface area contributed by atoms with E-state index >= 15 is 0 Å². The number of aryl methyl sites for hydroxylation is 2. The highest BCUT2D eigenvalue weighted by molar-refractivity contribution is 5.87. The summed E-state index contributed by atoms with van der Waals surface area (Å²) >= 11 is 0. The third-order valence-electron chi connectivity index (χ3n) is 4.16. The topological polar surface area (TPSA) is 32.9 Å². The van der Waals surface area contributed by atoms with Gasteiger partial charge in [-0.15, -0.1) is 0 Å². The molecule has 1 atom stereocenters. The van der Waals surface area contributed by atoms with E-state index in [1.807, 2.05) is 0 Å². The molecule has 2 aromatic rings. The number of aromatic nitrogens is 1. The van der Waals surface area contributed by atoms with Crippen molar-refractivity contribution in [2.75, 3.05) is 0 Å². The molecule has 0 aliphatic heterocycles. The standard InChI is InChI=1S/C16H19NO/c1-10-6-7-15-14(8-10)13(11(2)17-15)9-12-4-3-5-16(12)18/h6-8,12,17H,3-5,9H2,1-2H3. The lowest BCUT2D eigenvalue weighted by atomic mass is 9.95. The molecule has 0 bridgehead atoms. The van der Waals surface area contributed by atoms with E-state index in [4.69, 9.17) is 0 Å². The Labute approximate surface area is 107 Å². The van der Waals surface area contributed by atoms with Crippen molar-refractivity contribution in [3.8, 4) is 0 Å². The molecular weight excluding hydrogens is 222 g/mol. The number of carbonyl (C=O) groups excluding carboxylic acids is 1. The second kappa shape index (κ2) is 4.27. The highest BCUT2D eigenvalue weighted by Gasteiger charge is 2.26. The summed E-state index contributed by atoms with van der Waals surface area (Å²) < 4.78 is 0. The summed E-state index contributed by atoms with van der Waals surface area (Å²) in [5.74, 6) is 0.708. The molecule has 2 nitrogen and oxygen atoms in total. The van der Waals surface area contributed by atoms with Gasteiger partial charge in [-0.3, -0.25) is 4.79 Å². The van der Waals surface area contributed by atoms with Crippen molar-refractivity contribution in [3.05, 3.63) is 35.0 Å². The normalized spacial score (nSPS) is 19.9. The van der Waals surface area contributed by atoms with Crippen molar-refractivity contribution in [2.45, 2.75) is 39.5 Å². The monoisotopic (exact) mass is 241 g/mol. The largest absolute Gasteiger partial charge is 0.358 e. The number of ketones is 1. The van der Waals surface area contributed by atoms with Crippen molar-refractivity contribution in [1.29, 1.82) is 0 Å². The lowest BCUT2D eigenvalue weighted by Gasteiger charge is -2.08. The van der Waals surface area contributed by atoms with E-state index < -0.39 is 0 Å². The predicted molar refractivity (Wildman–Crippen MR) is 73.8 cm³/mol. The van der Waals surface area contributed by atoms with Gasteiger partial charge in [0.25, 0.3) is 0 Å². The number of carbonyl (C=O) groups is 1. The molecule has 1 heterocycles. The number of nitrogens with one attached hydrogen (secondary N) is 1. The smallest absolute Gasteiger partial charge is 0.136 e. The van der Waals surface area contributed by atoms with E-state index in [1.165, 1.54) is 27.7 Å². The first-order valence-electron chi connectivity index (χ1n) is 6.75. The summed E-state index contributed by atoms with van der Waals surface area (Å²) in [4.78, 5) is 15.2. The molecular formula is C16H19NO. The molecule has 0 spiro atoms. The number of fused-ring (bicyclic) bond motifs is 1. The Morgan fingerprint density at radius 2 is 2.17 bits per heavy atom. The van der Waals surface area contributed by atoms with Crippen molar-refractivity contribution < 1.29 is 4.79 Å². The Hall–Kier alpha value is -1.57. The average molecular weight is 241 g/mol. The first-order chi connectivity index (χ1) is 8.65. The highest BCUT2D eigenvalue weighted by Crippen LogP contribution is 2.30. The van der Waals surface area contributed by atoms with Gasteiger partial charge in [-0.25, -0.2) is 0 Å². The van der Waals surface area contributed by atoms with E-state index in [9.17, 15) is 4.79 Å². The zero-order valence-electron chi connectivity index (χ0n) is 11.0. The zero-order valence-corrected chi connectivity index (χ0v) is 11.0. The summed E-state index contributed by atoms with van der Waals surface area (Å²) in [6.07, 6.45) is 3.83. The van der Waals surface area contributed by atoms with Gasteiger partial charge < -0.3 is 4.98 Å². The number of hydrogen-bond donors (Lipinski definition) is 1. The van der Waals surface area contributed by atoms with Crippen molar-refractivity contribution >= 4 is 16.7 Å². The summed E-state index contributed by atoms with van der Waals surface area (Å²) in [7, 11) is 0. The van der Waals surface area contributed by atoms with Crippen molar-refractivity contribution in [1.82, 2.24) is 4.98 Å². The number of rotatable bonds is 2. The van der Waals surface area contributed by atoms with Crippen molar-refractivity contribution in [3.63, 3.8) is 0 Å². The number of hydrogen-bond acceptors (Lipinski definition) is 1. The molecule has 0 saturated heterocycles. The van der Waals surface area contributed by atoms with Crippen LogP contribution in [0.5, 0.6) is 0 Å². The minimum absolute atomic E-state index is 0.253. The van der Waals surface area contributed by atoms with Gasteiger partial charge in [0.1, 0.15) is 5.78 Å². The molecule has 2 heteroatoms. The Morgan fingerprint density at radius 1 is 1.33 bits per heavy atom. The SMILES string of the molecule is Cc1ccc2[nH]c(C)c(CC3CCCC3=O)c2c1. The molecule has 1 N–H and O–H groups in total. The highest BCUT2D eigenvalue weighted by atomic mass is 16.1. The summed E-state index contributed by atoms with van der Waals surface area (Å²) in [6.45, 7) is 4.23. The molecule has 1 saturated carbocycles. The van der Waals surface area contributed by atoms with Crippen LogP contribution in [0, 0.1) is 19.8 Å². The van der Waals surface area contributed by atoms with E-state index in [1.54, 1.807) is 0 Å². The third-order valence-corrected chi connectivity index (χ3v) is 4.16. The number of Topliss-reactive ketones (excluding diaryl/α,β-unsaturated/α-hetero) is 1. The molecule has 94 valence electrons. The molecule has 18 heavy (non-hydrogen) atoms. The molecule has 1 unspecified atom stereocenters. The first-order valence-corrected chi connectivity index (χ1v) is 6.75. The Kier molecular flexibility index (Phi) is 2.73. The van der Waals surface area contributed by atoms with E-state index in [-0.39, 0.29) is 5.92 Å². The summed E-state index contributed by atoms with van der Waals surface area (Å²) in [5, 5.41) is 1.30. The van der Waals surface area contributed by atoms with E-state index in [0.29, 0.717) is 5.78 Å². The van der Waals surface area contributed by atoms with Crippen LogP contribution in [0.4, 0.5) is 0 Å². The van der Waals surface area contributed by atoms with E-state index in [2.05, 4.69) is 37.0 Å². The van der Waals surface area contributed by atoms with Gasteiger partial charge >= 0.3 is 0 Å². The first kappa shape index (κ1) is 11.5. The van der Waals surface area contributed by atoms with Crippen LogP contribution in [-0.2, 0) is 11.2 Å². The molecule has 1 aliphatic rings. The fourth-order valence-electron chi connectivity index (χ4n) is 3.11. The minimum atomic E-state index is 0.253. The maximum Gasteiger partial charge on any atom is 0.136 e. The number of benzene rings is 1. The van der Waals surface area contributed by atoms with Crippen LogP contribution in [0.25, 0.3) is 10.9 Å². The fraction of sp³-hybridized carbons (Fsp3) is 0.438. The fourth-order valence-corrected chi connectivity index (χ4v) is 3.11. The van der Waals surface area contributed by atoms with Gasteiger partial charge in [-0.1, -0.05) is 11.6 Å². The number of aromatic amines is 1. The van der Waals surface area contributed by atoms with Gasteiger partial charge in [0, 0.05) is 28.9 Å². The number of H-pyrrole nitrogens is 1. The Balaban J connectivity index is 2.02. The molecule has 3 rings (SSSR count). The van der Waals surface area contributed by atoms with Gasteiger partial charge in [0.15, 0.2) is 0 Å². The zero-order chi connectivity index (χ0) is 12.7. The van der Waals surface area contributed by atoms with Gasteiger partial charge in [-0.05, 0) is 50.8 Å². The molecule has 0 amide bonds. The second-order valence-corrected chi connectivity index (χ2v) is 5.54. The molecule has 1 aliphatic carbocycles. The maximum absolute atomic E-state index is 11.8. The van der Waals surface area contributed by atoms with Gasteiger partial charge in [-0.2, -0.15) is 0 Å². The lowest BCUT2D eigenvalue weighted by molar-refractivity contribution is -0.120. The second-order valence-electron chi connectivity index (χ2n) is 5.54.